The van der Waals surface area contributed by atoms with Crippen molar-refractivity contribution in [1.82, 2.24) is 4.98 Å². The monoisotopic (exact) mass is 217 g/mol. The highest BCUT2D eigenvalue weighted by Gasteiger charge is 2.15. The molecule has 0 amide bonds. The summed E-state index contributed by atoms with van der Waals surface area (Å²) in [6.45, 7) is 9.79. The van der Waals surface area contributed by atoms with E-state index in [1.54, 1.807) is 6.07 Å². The van der Waals surface area contributed by atoms with Crippen LogP contribution in [0.1, 0.15) is 37.8 Å². The predicted molar refractivity (Wildman–Crippen MR) is 67.1 cm³/mol. The van der Waals surface area contributed by atoms with Crippen molar-refractivity contribution in [2.24, 2.45) is 0 Å². The van der Waals surface area contributed by atoms with Crippen molar-refractivity contribution in [3.05, 3.63) is 41.9 Å². The Morgan fingerprint density at radius 1 is 1.44 bits per heavy atom. The van der Waals surface area contributed by atoms with Crippen molar-refractivity contribution >= 4 is 16.5 Å². The van der Waals surface area contributed by atoms with E-state index in [1.165, 1.54) is 0 Å². The summed E-state index contributed by atoms with van der Waals surface area (Å²) in [5, 5.41) is 0.966. The van der Waals surface area contributed by atoms with Crippen LogP contribution in [0.4, 0.5) is 4.39 Å². The molecule has 0 aliphatic rings. The topological polar surface area (TPSA) is 15.8 Å². The van der Waals surface area contributed by atoms with Crippen molar-refractivity contribution in [2.75, 3.05) is 0 Å². The second kappa shape index (κ2) is 3.78. The Labute approximate surface area is 95.0 Å². The zero-order valence-electron chi connectivity index (χ0n) is 9.89. The molecule has 0 saturated carbocycles. The third-order valence-electron chi connectivity index (χ3n) is 2.87. The summed E-state index contributed by atoms with van der Waals surface area (Å²) in [4.78, 5) is 3.16. The molecule has 0 spiro atoms. The molecule has 0 unspecified atom stereocenters. The van der Waals surface area contributed by atoms with E-state index in [0.717, 1.165) is 27.6 Å². The van der Waals surface area contributed by atoms with E-state index in [0.29, 0.717) is 0 Å². The fraction of sp³-hybridized carbons (Fsp3) is 0.286. The average Bonchev–Trinajstić information content (AvgIpc) is 2.63. The maximum absolute atomic E-state index is 14.0. The highest BCUT2D eigenvalue weighted by atomic mass is 19.1. The van der Waals surface area contributed by atoms with Gasteiger partial charge in [0.15, 0.2) is 0 Å². The number of fused-ring (bicyclic) bond motifs is 1. The lowest BCUT2D eigenvalue weighted by molar-refractivity contribution is 0.601. The molecule has 0 aliphatic carbocycles. The third-order valence-corrected chi connectivity index (χ3v) is 2.87. The maximum atomic E-state index is 14.0. The van der Waals surface area contributed by atoms with Gasteiger partial charge >= 0.3 is 0 Å². The molecule has 0 aliphatic heterocycles. The predicted octanol–water partition coefficient (Wildman–Crippen LogP) is 4.46. The normalized spacial score (nSPS) is 11.3. The van der Waals surface area contributed by atoms with Gasteiger partial charge in [0.05, 0.1) is 5.52 Å². The number of rotatable bonds is 2. The van der Waals surface area contributed by atoms with Gasteiger partial charge in [-0.1, -0.05) is 20.4 Å². The number of H-pyrrole nitrogens is 1. The highest BCUT2D eigenvalue weighted by molar-refractivity contribution is 5.93. The van der Waals surface area contributed by atoms with Crippen LogP contribution in [0.15, 0.2) is 24.9 Å². The molecule has 1 nitrogen and oxygen atoms in total. The Kier molecular flexibility index (Phi) is 2.58. The van der Waals surface area contributed by atoms with E-state index in [4.69, 9.17) is 0 Å². The van der Waals surface area contributed by atoms with Crippen LogP contribution in [-0.4, -0.2) is 4.98 Å². The quantitative estimate of drug-likeness (QED) is 0.764. The van der Waals surface area contributed by atoms with Gasteiger partial charge in [0.25, 0.3) is 0 Å². The molecule has 84 valence electrons. The van der Waals surface area contributed by atoms with Crippen LogP contribution in [0.2, 0.25) is 0 Å². The number of nitrogens with one attached hydrogen (secondary N) is 1. The first kappa shape index (κ1) is 10.9. The lowest BCUT2D eigenvalue weighted by atomic mass is 9.94. The number of aromatic nitrogens is 1. The van der Waals surface area contributed by atoms with E-state index >= 15 is 0 Å². The molecule has 16 heavy (non-hydrogen) atoms. The van der Waals surface area contributed by atoms with Gasteiger partial charge in [-0.2, -0.15) is 0 Å². The first-order chi connectivity index (χ1) is 7.52. The second-order valence-corrected chi connectivity index (χ2v) is 4.52. The summed E-state index contributed by atoms with van der Waals surface area (Å²) in [6.07, 6.45) is 1.85. The van der Waals surface area contributed by atoms with Gasteiger partial charge < -0.3 is 4.98 Å². The zero-order chi connectivity index (χ0) is 11.9. The molecule has 0 radical (unpaired) electrons. The lowest BCUT2D eigenvalue weighted by Gasteiger charge is -2.12. The molecule has 2 aromatic rings. The minimum atomic E-state index is -0.139. The van der Waals surface area contributed by atoms with Crippen LogP contribution in [-0.2, 0) is 0 Å². The van der Waals surface area contributed by atoms with Crippen molar-refractivity contribution < 1.29 is 4.39 Å². The number of halogens is 1. The standard InChI is InChI=1S/C14H16FN/c1-8(2)11-7-12(15)13(9(3)4)10-5-6-16-14(10)11/h5-7,9,16H,1H2,2-4H3. The van der Waals surface area contributed by atoms with Gasteiger partial charge in [0, 0.05) is 17.1 Å². The van der Waals surface area contributed by atoms with Crippen molar-refractivity contribution in [3.63, 3.8) is 0 Å². The van der Waals surface area contributed by atoms with Gasteiger partial charge in [-0.05, 0) is 36.1 Å². The molecule has 0 atom stereocenters. The number of allylic oxidation sites excluding steroid dienone is 1. The Bertz CT molecular complexity index is 549. The third kappa shape index (κ3) is 1.54. The molecule has 2 heteroatoms. The SMILES string of the molecule is C=C(C)c1cc(F)c(C(C)C)c2cc[nH]c12. The van der Waals surface area contributed by atoms with Crippen LogP contribution in [0.5, 0.6) is 0 Å². The van der Waals surface area contributed by atoms with Crippen LogP contribution >= 0.6 is 0 Å². The summed E-state index contributed by atoms with van der Waals surface area (Å²) in [7, 11) is 0. The van der Waals surface area contributed by atoms with Gasteiger partial charge in [0.1, 0.15) is 5.82 Å². The molecule has 1 aromatic carbocycles. The second-order valence-electron chi connectivity index (χ2n) is 4.52. The summed E-state index contributed by atoms with van der Waals surface area (Å²) in [5.74, 6) is 0.0394. The van der Waals surface area contributed by atoms with E-state index in [1.807, 2.05) is 33.0 Å². The number of benzene rings is 1. The van der Waals surface area contributed by atoms with E-state index in [2.05, 4.69) is 11.6 Å². The van der Waals surface area contributed by atoms with Gasteiger partial charge in [-0.15, -0.1) is 0 Å². The summed E-state index contributed by atoms with van der Waals surface area (Å²) in [6, 6.07) is 3.51. The lowest BCUT2D eigenvalue weighted by Crippen LogP contribution is -1.96. The van der Waals surface area contributed by atoms with Gasteiger partial charge in [0.2, 0.25) is 0 Å². The molecule has 1 aromatic heterocycles. The molecule has 1 N–H and O–H groups in total. The number of hydrogen-bond donors (Lipinski definition) is 1. The first-order valence-corrected chi connectivity index (χ1v) is 5.47. The van der Waals surface area contributed by atoms with Crippen molar-refractivity contribution in [2.45, 2.75) is 26.7 Å². The summed E-state index contributed by atoms with van der Waals surface area (Å²) >= 11 is 0. The fourth-order valence-corrected chi connectivity index (χ4v) is 2.15. The summed E-state index contributed by atoms with van der Waals surface area (Å²) in [5.41, 5.74) is 3.50. The Hall–Kier alpha value is -1.57. The van der Waals surface area contributed by atoms with Crippen LogP contribution in [0.25, 0.3) is 16.5 Å². The molecule has 0 saturated heterocycles. The molecule has 0 bridgehead atoms. The van der Waals surface area contributed by atoms with Crippen molar-refractivity contribution in [3.8, 4) is 0 Å². The minimum absolute atomic E-state index is 0.139. The van der Waals surface area contributed by atoms with Crippen molar-refractivity contribution in [1.29, 1.82) is 0 Å². The zero-order valence-corrected chi connectivity index (χ0v) is 9.89. The molecule has 2 rings (SSSR count). The smallest absolute Gasteiger partial charge is 0.128 e. The van der Waals surface area contributed by atoms with Gasteiger partial charge in [-0.3, -0.25) is 0 Å². The maximum Gasteiger partial charge on any atom is 0.128 e. The van der Waals surface area contributed by atoms with Gasteiger partial charge in [-0.25, -0.2) is 4.39 Å². The van der Waals surface area contributed by atoms with E-state index in [9.17, 15) is 4.39 Å². The Balaban J connectivity index is 2.86. The molecule has 0 fully saturated rings. The number of hydrogen-bond acceptors (Lipinski definition) is 0. The molecular weight excluding hydrogens is 201 g/mol. The average molecular weight is 217 g/mol. The fourth-order valence-electron chi connectivity index (χ4n) is 2.15. The highest BCUT2D eigenvalue weighted by Crippen LogP contribution is 2.32. The van der Waals surface area contributed by atoms with E-state index in [-0.39, 0.29) is 11.7 Å². The van der Waals surface area contributed by atoms with Crippen LogP contribution < -0.4 is 0 Å². The van der Waals surface area contributed by atoms with Crippen LogP contribution in [0, 0.1) is 5.82 Å². The first-order valence-electron chi connectivity index (χ1n) is 5.47. The number of aromatic amines is 1. The summed E-state index contributed by atoms with van der Waals surface area (Å²) < 4.78 is 14.0. The molecule has 1 heterocycles. The largest absolute Gasteiger partial charge is 0.361 e. The Morgan fingerprint density at radius 3 is 2.69 bits per heavy atom. The molecular formula is C14H16FN. The Morgan fingerprint density at radius 2 is 2.12 bits per heavy atom. The minimum Gasteiger partial charge on any atom is -0.361 e. The van der Waals surface area contributed by atoms with E-state index < -0.39 is 0 Å². The van der Waals surface area contributed by atoms with Crippen LogP contribution in [0.3, 0.4) is 0 Å².